The monoisotopic (exact) mass is 236 g/mol. The van der Waals surface area contributed by atoms with Crippen molar-refractivity contribution >= 4 is 0 Å². The summed E-state index contributed by atoms with van der Waals surface area (Å²) < 4.78 is 5.18. The summed E-state index contributed by atoms with van der Waals surface area (Å²) in [7, 11) is 5.92. The number of methoxy groups -OCH3 is 1. The van der Waals surface area contributed by atoms with Crippen molar-refractivity contribution < 1.29 is 4.74 Å². The molecule has 0 heterocycles. The maximum absolute atomic E-state index is 5.65. The highest BCUT2D eigenvalue weighted by molar-refractivity contribution is 5.29. The van der Waals surface area contributed by atoms with Gasteiger partial charge in [0.2, 0.25) is 0 Å². The normalized spacial score (nSPS) is 14.7. The van der Waals surface area contributed by atoms with Gasteiger partial charge in [0, 0.05) is 6.04 Å². The molecule has 0 radical (unpaired) electrons. The van der Waals surface area contributed by atoms with Gasteiger partial charge >= 0.3 is 0 Å². The lowest BCUT2D eigenvalue weighted by Crippen LogP contribution is -2.27. The number of benzene rings is 1. The van der Waals surface area contributed by atoms with E-state index < -0.39 is 0 Å². The second kappa shape index (κ2) is 6.62. The highest BCUT2D eigenvalue weighted by Gasteiger charge is 2.20. The number of nitrogens with two attached hydrogens (primary N) is 1. The molecule has 0 aromatic heterocycles. The fourth-order valence-corrected chi connectivity index (χ4v) is 2.36. The predicted molar refractivity (Wildman–Crippen MR) is 72.3 cm³/mol. The summed E-state index contributed by atoms with van der Waals surface area (Å²) >= 11 is 0. The van der Waals surface area contributed by atoms with Gasteiger partial charge < -0.3 is 15.4 Å². The molecule has 0 aliphatic rings. The summed E-state index contributed by atoms with van der Waals surface area (Å²) in [6, 6.07) is 8.71. The van der Waals surface area contributed by atoms with E-state index in [9.17, 15) is 0 Å². The number of rotatable bonds is 6. The fourth-order valence-electron chi connectivity index (χ4n) is 2.36. The van der Waals surface area contributed by atoms with E-state index in [0.717, 1.165) is 18.7 Å². The highest BCUT2D eigenvalue weighted by atomic mass is 16.5. The number of nitrogens with zero attached hydrogens (tertiary/aromatic N) is 1. The first-order chi connectivity index (χ1) is 8.10. The molecule has 1 aromatic rings. The van der Waals surface area contributed by atoms with Gasteiger partial charge in [-0.3, -0.25) is 0 Å². The van der Waals surface area contributed by atoms with Gasteiger partial charge in [0.15, 0.2) is 0 Å². The van der Waals surface area contributed by atoms with Crippen molar-refractivity contribution in [3.63, 3.8) is 0 Å². The third-order valence-electron chi connectivity index (χ3n) is 3.17. The van der Waals surface area contributed by atoms with Crippen LogP contribution in [0.1, 0.15) is 24.9 Å². The summed E-state index contributed by atoms with van der Waals surface area (Å²) in [5.74, 6) is 1.45. The van der Waals surface area contributed by atoms with E-state index in [2.05, 4.69) is 38.1 Å². The number of hydrogen-bond donors (Lipinski definition) is 1. The lowest BCUT2D eigenvalue weighted by Gasteiger charge is -2.30. The van der Waals surface area contributed by atoms with Crippen LogP contribution in [0.2, 0.25) is 0 Å². The maximum Gasteiger partial charge on any atom is 0.118 e. The SMILES string of the molecule is COc1ccc(C(C(C)CCN)N(C)C)cc1. The van der Waals surface area contributed by atoms with Crippen LogP contribution in [0.15, 0.2) is 24.3 Å². The quantitative estimate of drug-likeness (QED) is 0.823. The molecule has 1 rings (SSSR count). The zero-order chi connectivity index (χ0) is 12.8. The maximum atomic E-state index is 5.65. The fraction of sp³-hybridized carbons (Fsp3) is 0.571. The van der Waals surface area contributed by atoms with Crippen molar-refractivity contribution in [3.8, 4) is 5.75 Å². The van der Waals surface area contributed by atoms with Crippen molar-refractivity contribution in [2.24, 2.45) is 11.7 Å². The molecule has 2 atom stereocenters. The van der Waals surface area contributed by atoms with Crippen LogP contribution in [0.5, 0.6) is 5.75 Å². The van der Waals surface area contributed by atoms with Gasteiger partial charge in [-0.15, -0.1) is 0 Å². The van der Waals surface area contributed by atoms with Crippen molar-refractivity contribution in [2.75, 3.05) is 27.7 Å². The second-order valence-corrected chi connectivity index (χ2v) is 4.74. The van der Waals surface area contributed by atoms with Crippen LogP contribution in [0, 0.1) is 5.92 Å². The zero-order valence-corrected chi connectivity index (χ0v) is 11.3. The van der Waals surface area contributed by atoms with Crippen LogP contribution in [-0.4, -0.2) is 32.6 Å². The molecule has 0 amide bonds. The Labute approximate surface area is 105 Å². The summed E-state index contributed by atoms with van der Waals surface area (Å²) in [5.41, 5.74) is 6.97. The first-order valence-corrected chi connectivity index (χ1v) is 6.10. The third kappa shape index (κ3) is 3.72. The van der Waals surface area contributed by atoms with Gasteiger partial charge in [0.05, 0.1) is 7.11 Å². The topological polar surface area (TPSA) is 38.5 Å². The van der Waals surface area contributed by atoms with Crippen molar-refractivity contribution in [3.05, 3.63) is 29.8 Å². The molecule has 2 N–H and O–H groups in total. The largest absolute Gasteiger partial charge is 0.497 e. The Morgan fingerprint density at radius 1 is 1.24 bits per heavy atom. The van der Waals surface area contributed by atoms with Crippen molar-refractivity contribution in [1.82, 2.24) is 4.90 Å². The first kappa shape index (κ1) is 14.0. The Morgan fingerprint density at radius 3 is 2.24 bits per heavy atom. The molecular formula is C14H24N2O. The molecule has 1 aromatic carbocycles. The van der Waals surface area contributed by atoms with E-state index in [1.807, 2.05) is 12.1 Å². The minimum Gasteiger partial charge on any atom is -0.497 e. The van der Waals surface area contributed by atoms with Gasteiger partial charge in [-0.1, -0.05) is 19.1 Å². The standard InChI is InChI=1S/C14H24N2O/c1-11(9-10-15)14(16(2)3)12-5-7-13(17-4)8-6-12/h5-8,11,14H,9-10,15H2,1-4H3. The predicted octanol–water partition coefficient (Wildman–Crippen LogP) is 2.28. The molecule has 0 saturated heterocycles. The first-order valence-electron chi connectivity index (χ1n) is 6.10. The molecule has 0 bridgehead atoms. The van der Waals surface area contributed by atoms with Crippen molar-refractivity contribution in [2.45, 2.75) is 19.4 Å². The summed E-state index contributed by atoms with van der Waals surface area (Å²) in [6.45, 7) is 2.99. The second-order valence-electron chi connectivity index (χ2n) is 4.74. The van der Waals surface area contributed by atoms with Crippen molar-refractivity contribution in [1.29, 1.82) is 0 Å². The van der Waals surface area contributed by atoms with E-state index in [4.69, 9.17) is 10.5 Å². The summed E-state index contributed by atoms with van der Waals surface area (Å²) in [4.78, 5) is 2.25. The molecule has 0 spiro atoms. The summed E-state index contributed by atoms with van der Waals surface area (Å²) in [5, 5.41) is 0. The molecular weight excluding hydrogens is 212 g/mol. The van der Waals surface area contributed by atoms with E-state index in [-0.39, 0.29) is 0 Å². The molecule has 0 aliphatic carbocycles. The van der Waals surface area contributed by atoms with Crippen LogP contribution in [-0.2, 0) is 0 Å². The molecule has 3 heteroatoms. The van der Waals surface area contributed by atoms with Crippen LogP contribution in [0.4, 0.5) is 0 Å². The Bertz CT molecular complexity index is 321. The minimum atomic E-state index is 0.407. The third-order valence-corrected chi connectivity index (χ3v) is 3.17. The Hall–Kier alpha value is -1.06. The Balaban J connectivity index is 2.89. The average molecular weight is 236 g/mol. The van der Waals surface area contributed by atoms with E-state index >= 15 is 0 Å². The van der Waals surface area contributed by atoms with Crippen LogP contribution in [0.25, 0.3) is 0 Å². The Morgan fingerprint density at radius 2 is 1.82 bits per heavy atom. The molecule has 96 valence electrons. The molecule has 0 fully saturated rings. The molecule has 3 nitrogen and oxygen atoms in total. The Kier molecular flexibility index (Phi) is 5.45. The average Bonchev–Trinajstić information content (AvgIpc) is 2.30. The van der Waals surface area contributed by atoms with Crippen LogP contribution < -0.4 is 10.5 Å². The van der Waals surface area contributed by atoms with Gasteiger partial charge in [0.1, 0.15) is 5.75 Å². The molecule has 0 saturated carbocycles. The lowest BCUT2D eigenvalue weighted by atomic mass is 9.91. The van der Waals surface area contributed by atoms with Crippen LogP contribution in [0.3, 0.4) is 0 Å². The van der Waals surface area contributed by atoms with Gasteiger partial charge in [-0.25, -0.2) is 0 Å². The highest BCUT2D eigenvalue weighted by Crippen LogP contribution is 2.29. The molecule has 17 heavy (non-hydrogen) atoms. The van der Waals surface area contributed by atoms with E-state index in [1.165, 1.54) is 5.56 Å². The smallest absolute Gasteiger partial charge is 0.118 e. The molecule has 2 unspecified atom stereocenters. The van der Waals surface area contributed by atoms with E-state index in [1.54, 1.807) is 7.11 Å². The van der Waals surface area contributed by atoms with Gasteiger partial charge in [0.25, 0.3) is 0 Å². The molecule has 0 aliphatic heterocycles. The zero-order valence-electron chi connectivity index (χ0n) is 11.3. The van der Waals surface area contributed by atoms with Crippen LogP contribution >= 0.6 is 0 Å². The van der Waals surface area contributed by atoms with Gasteiger partial charge in [-0.05, 0) is 50.7 Å². The minimum absolute atomic E-state index is 0.407. The lowest BCUT2D eigenvalue weighted by molar-refractivity contribution is 0.216. The van der Waals surface area contributed by atoms with Gasteiger partial charge in [-0.2, -0.15) is 0 Å². The summed E-state index contributed by atoms with van der Waals surface area (Å²) in [6.07, 6.45) is 1.04. The van der Waals surface area contributed by atoms with E-state index in [0.29, 0.717) is 12.0 Å². The number of hydrogen-bond acceptors (Lipinski definition) is 3. The number of ether oxygens (including phenoxy) is 1.